The zero-order valence-electron chi connectivity index (χ0n) is 20.9. The van der Waals surface area contributed by atoms with Crippen molar-refractivity contribution in [3.8, 4) is 21.8 Å². The summed E-state index contributed by atoms with van der Waals surface area (Å²) in [6, 6.07) is 9.64. The quantitative estimate of drug-likeness (QED) is 0.267. The number of nitrogens with one attached hydrogen (secondary N) is 4. The van der Waals surface area contributed by atoms with E-state index in [4.69, 9.17) is 9.97 Å². The molecule has 0 fully saturated rings. The van der Waals surface area contributed by atoms with E-state index in [1.54, 1.807) is 6.20 Å². The number of aliphatic hydroxyl groups excluding tert-OH is 1. The lowest BCUT2D eigenvalue weighted by molar-refractivity contribution is 0.241. The first-order chi connectivity index (χ1) is 16.8. The van der Waals surface area contributed by atoms with Gasteiger partial charge in [-0.25, -0.2) is 19.7 Å². The molecule has 9 nitrogen and oxygen atoms in total. The van der Waals surface area contributed by atoms with Crippen LogP contribution in [0.25, 0.3) is 21.8 Å². The topological polar surface area (TPSA) is 124 Å². The third-order valence-electron chi connectivity index (χ3n) is 5.28. The van der Waals surface area contributed by atoms with Gasteiger partial charge in [-0.1, -0.05) is 49.4 Å². The van der Waals surface area contributed by atoms with Crippen LogP contribution in [-0.2, 0) is 6.54 Å². The highest BCUT2D eigenvalue weighted by Crippen LogP contribution is 2.32. The Morgan fingerprint density at radius 1 is 1.06 bits per heavy atom. The van der Waals surface area contributed by atoms with Crippen molar-refractivity contribution < 1.29 is 9.90 Å². The Hall–Kier alpha value is -3.24. The van der Waals surface area contributed by atoms with Gasteiger partial charge in [-0.2, -0.15) is 0 Å². The van der Waals surface area contributed by atoms with E-state index in [2.05, 4.69) is 40.1 Å². The fourth-order valence-corrected chi connectivity index (χ4v) is 4.32. The lowest BCUT2D eigenvalue weighted by atomic mass is 10.0. The summed E-state index contributed by atoms with van der Waals surface area (Å²) in [5.41, 5.74) is 3.28. The monoisotopic (exact) mass is 497 g/mol. The van der Waals surface area contributed by atoms with E-state index in [0.717, 1.165) is 32.5 Å². The van der Waals surface area contributed by atoms with Crippen LogP contribution in [0.15, 0.2) is 36.5 Å². The SMILES string of the molecule is CCNC(=O)NCc1ccccc1-c1cc(-c2cnc(NC(C)C)s2)nc(N[C@H](CO)C(C)C)n1. The summed E-state index contributed by atoms with van der Waals surface area (Å²) in [6.07, 6.45) is 1.81. The minimum absolute atomic E-state index is 0.0311. The zero-order valence-corrected chi connectivity index (χ0v) is 21.7. The molecule has 5 N–H and O–H groups in total. The van der Waals surface area contributed by atoms with Gasteiger partial charge in [-0.05, 0) is 38.3 Å². The molecular weight excluding hydrogens is 462 g/mol. The summed E-state index contributed by atoms with van der Waals surface area (Å²) in [5, 5.41) is 22.9. The Morgan fingerprint density at radius 3 is 2.49 bits per heavy atom. The summed E-state index contributed by atoms with van der Waals surface area (Å²) < 4.78 is 0. The van der Waals surface area contributed by atoms with Crippen molar-refractivity contribution in [1.29, 1.82) is 0 Å². The van der Waals surface area contributed by atoms with E-state index in [-0.39, 0.29) is 30.6 Å². The number of thiazole rings is 1. The van der Waals surface area contributed by atoms with Crippen LogP contribution in [0.2, 0.25) is 0 Å². The number of hydrogen-bond donors (Lipinski definition) is 5. The molecule has 0 unspecified atom stereocenters. The van der Waals surface area contributed by atoms with Crippen LogP contribution < -0.4 is 21.3 Å². The molecule has 2 aromatic heterocycles. The van der Waals surface area contributed by atoms with Crippen molar-refractivity contribution in [1.82, 2.24) is 25.6 Å². The molecule has 1 atom stereocenters. The maximum absolute atomic E-state index is 12.0. The first kappa shape index (κ1) is 26.4. The van der Waals surface area contributed by atoms with E-state index in [0.29, 0.717) is 19.0 Å². The van der Waals surface area contributed by atoms with Crippen LogP contribution in [0, 0.1) is 5.92 Å². The molecule has 35 heavy (non-hydrogen) atoms. The van der Waals surface area contributed by atoms with Gasteiger partial charge in [0.05, 0.1) is 28.9 Å². The number of benzene rings is 1. The largest absolute Gasteiger partial charge is 0.394 e. The third kappa shape index (κ3) is 7.37. The highest BCUT2D eigenvalue weighted by atomic mass is 32.1. The van der Waals surface area contributed by atoms with Crippen LogP contribution in [-0.4, -0.2) is 51.3 Å². The number of rotatable bonds is 11. The number of aliphatic hydroxyl groups is 1. The molecule has 10 heteroatoms. The normalized spacial score (nSPS) is 12.0. The molecule has 3 rings (SSSR count). The molecule has 0 aliphatic rings. The second-order valence-corrected chi connectivity index (χ2v) is 9.87. The van der Waals surface area contributed by atoms with E-state index >= 15 is 0 Å². The van der Waals surface area contributed by atoms with E-state index in [1.807, 2.05) is 51.1 Å². The smallest absolute Gasteiger partial charge is 0.315 e. The van der Waals surface area contributed by atoms with Crippen LogP contribution >= 0.6 is 11.3 Å². The molecule has 3 aromatic rings. The Labute approximate surface area is 210 Å². The van der Waals surface area contributed by atoms with Crippen LogP contribution in [0.5, 0.6) is 0 Å². The fraction of sp³-hybridized carbons (Fsp3) is 0.440. The summed E-state index contributed by atoms with van der Waals surface area (Å²) in [5.74, 6) is 0.623. The lowest BCUT2D eigenvalue weighted by Crippen LogP contribution is -2.34. The minimum atomic E-state index is -0.217. The van der Waals surface area contributed by atoms with E-state index in [1.165, 1.54) is 11.3 Å². The maximum Gasteiger partial charge on any atom is 0.315 e. The summed E-state index contributed by atoms with van der Waals surface area (Å²) in [7, 11) is 0. The molecule has 1 aromatic carbocycles. The Kier molecular flexibility index (Phi) is 9.39. The van der Waals surface area contributed by atoms with Gasteiger partial charge in [-0.15, -0.1) is 0 Å². The highest BCUT2D eigenvalue weighted by molar-refractivity contribution is 7.18. The predicted molar refractivity (Wildman–Crippen MR) is 143 cm³/mol. The molecule has 2 heterocycles. The number of hydrogen-bond acceptors (Lipinski definition) is 8. The molecule has 0 aliphatic heterocycles. The second kappa shape index (κ2) is 12.5. The first-order valence-corrected chi connectivity index (χ1v) is 12.7. The van der Waals surface area contributed by atoms with Gasteiger partial charge in [0.1, 0.15) is 0 Å². The number of amides is 2. The Bertz CT molecular complexity index is 1120. The van der Waals surface area contributed by atoms with Crippen LogP contribution in [0.3, 0.4) is 0 Å². The van der Waals surface area contributed by atoms with Crippen LogP contribution in [0.1, 0.15) is 40.2 Å². The zero-order chi connectivity index (χ0) is 25.4. The molecule has 0 spiro atoms. The number of aromatic nitrogens is 3. The van der Waals surface area contributed by atoms with Gasteiger partial charge in [0, 0.05) is 30.9 Å². The second-order valence-electron chi connectivity index (χ2n) is 8.84. The Morgan fingerprint density at radius 2 is 1.80 bits per heavy atom. The number of carbonyl (C=O) groups is 1. The van der Waals surface area contributed by atoms with E-state index in [9.17, 15) is 9.90 Å². The van der Waals surface area contributed by atoms with Crippen molar-refractivity contribution in [2.45, 2.75) is 53.2 Å². The molecular formula is C25H35N7O2S. The summed E-state index contributed by atoms with van der Waals surface area (Å²) in [4.78, 5) is 26.9. The number of nitrogens with zero attached hydrogens (tertiary/aromatic N) is 3. The molecule has 2 amide bonds. The lowest BCUT2D eigenvalue weighted by Gasteiger charge is -2.21. The minimum Gasteiger partial charge on any atom is -0.394 e. The van der Waals surface area contributed by atoms with Crippen LogP contribution in [0.4, 0.5) is 15.9 Å². The third-order valence-corrected chi connectivity index (χ3v) is 6.23. The number of urea groups is 1. The van der Waals surface area contributed by atoms with Gasteiger partial charge >= 0.3 is 6.03 Å². The van der Waals surface area contributed by atoms with Gasteiger partial charge in [0.2, 0.25) is 5.95 Å². The molecule has 0 bridgehead atoms. The van der Waals surface area contributed by atoms with Crippen molar-refractivity contribution in [3.63, 3.8) is 0 Å². The highest BCUT2D eigenvalue weighted by Gasteiger charge is 2.18. The molecule has 0 saturated carbocycles. The first-order valence-electron chi connectivity index (χ1n) is 11.9. The van der Waals surface area contributed by atoms with Gasteiger partial charge in [0.25, 0.3) is 0 Å². The number of carbonyl (C=O) groups excluding carboxylic acids is 1. The Balaban J connectivity index is 2.02. The maximum atomic E-state index is 12.0. The van der Waals surface area contributed by atoms with Crippen molar-refractivity contribution in [2.24, 2.45) is 5.92 Å². The van der Waals surface area contributed by atoms with Crippen molar-refractivity contribution >= 4 is 28.4 Å². The molecule has 188 valence electrons. The van der Waals surface area contributed by atoms with Gasteiger partial charge in [-0.3, -0.25) is 0 Å². The number of anilines is 2. The fourth-order valence-electron chi connectivity index (χ4n) is 3.39. The van der Waals surface area contributed by atoms with Gasteiger partial charge in [0.15, 0.2) is 5.13 Å². The standard InChI is InChI=1S/C25H35N7O2S/c1-6-26-24(34)27-12-17-9-7-8-10-18(17)19-11-20(22-13-28-25(35-22)29-16(4)5)31-23(30-19)32-21(14-33)15(2)3/h7-11,13,15-16,21,33H,6,12,14H2,1-5H3,(H,28,29)(H2,26,27,34)(H,30,31,32)/t21-/m1/s1. The molecule has 0 aliphatic carbocycles. The predicted octanol–water partition coefficient (Wildman–Crippen LogP) is 4.34. The summed E-state index contributed by atoms with van der Waals surface area (Å²) >= 11 is 1.53. The average Bonchev–Trinajstić information content (AvgIpc) is 3.29. The molecule has 0 radical (unpaired) electrons. The van der Waals surface area contributed by atoms with E-state index < -0.39 is 0 Å². The molecule has 0 saturated heterocycles. The van der Waals surface area contributed by atoms with Gasteiger partial charge < -0.3 is 26.4 Å². The van der Waals surface area contributed by atoms with Crippen molar-refractivity contribution in [2.75, 3.05) is 23.8 Å². The average molecular weight is 498 g/mol. The summed E-state index contributed by atoms with van der Waals surface area (Å²) in [6.45, 7) is 11.0. The van der Waals surface area contributed by atoms with Crippen molar-refractivity contribution in [3.05, 3.63) is 42.1 Å².